The summed E-state index contributed by atoms with van der Waals surface area (Å²) in [5.41, 5.74) is 2.05. The van der Waals surface area contributed by atoms with Crippen LogP contribution in [0.2, 0.25) is 0 Å². The average molecular weight is 222 g/mol. The van der Waals surface area contributed by atoms with Crippen LogP contribution in [0.3, 0.4) is 0 Å². The molecular formula is C13H22N2O. The van der Waals surface area contributed by atoms with Gasteiger partial charge in [0.1, 0.15) is 0 Å². The van der Waals surface area contributed by atoms with Gasteiger partial charge in [-0.3, -0.25) is 4.98 Å². The van der Waals surface area contributed by atoms with Crippen molar-refractivity contribution in [2.75, 3.05) is 13.2 Å². The minimum atomic E-state index is 0.554. The van der Waals surface area contributed by atoms with Gasteiger partial charge in [0.05, 0.1) is 12.3 Å². The number of rotatable bonds is 7. The quantitative estimate of drug-likeness (QED) is 0.719. The van der Waals surface area contributed by atoms with Gasteiger partial charge in [-0.1, -0.05) is 19.9 Å². The molecule has 0 aliphatic carbocycles. The van der Waals surface area contributed by atoms with E-state index in [0.717, 1.165) is 31.0 Å². The molecule has 0 aromatic carbocycles. The Morgan fingerprint density at radius 2 is 2.19 bits per heavy atom. The van der Waals surface area contributed by atoms with Gasteiger partial charge >= 0.3 is 0 Å². The maximum atomic E-state index is 5.55. The number of nitrogens with zero attached hydrogens (tertiary/aromatic N) is 1. The SMILES string of the molecule is Cc1cccc(COCCCNC(C)C)n1. The molecule has 0 radical (unpaired) electrons. The van der Waals surface area contributed by atoms with Crippen LogP contribution < -0.4 is 5.32 Å². The zero-order valence-electron chi connectivity index (χ0n) is 10.5. The fourth-order valence-corrected chi connectivity index (χ4v) is 1.42. The van der Waals surface area contributed by atoms with Crippen LogP contribution in [0.25, 0.3) is 0 Å². The van der Waals surface area contributed by atoms with Gasteiger partial charge in [0.2, 0.25) is 0 Å². The zero-order valence-corrected chi connectivity index (χ0v) is 10.5. The summed E-state index contributed by atoms with van der Waals surface area (Å²) < 4.78 is 5.55. The van der Waals surface area contributed by atoms with Crippen LogP contribution in [0.5, 0.6) is 0 Å². The van der Waals surface area contributed by atoms with Crippen molar-refractivity contribution in [3.8, 4) is 0 Å². The first-order valence-corrected chi connectivity index (χ1v) is 5.92. The molecule has 16 heavy (non-hydrogen) atoms. The summed E-state index contributed by atoms with van der Waals surface area (Å²) >= 11 is 0. The highest BCUT2D eigenvalue weighted by molar-refractivity contribution is 5.08. The van der Waals surface area contributed by atoms with Crippen molar-refractivity contribution in [1.82, 2.24) is 10.3 Å². The molecule has 0 unspecified atom stereocenters. The smallest absolute Gasteiger partial charge is 0.0887 e. The maximum Gasteiger partial charge on any atom is 0.0887 e. The summed E-state index contributed by atoms with van der Waals surface area (Å²) in [6.45, 7) is 8.71. The predicted molar refractivity (Wildman–Crippen MR) is 66.4 cm³/mol. The number of ether oxygens (including phenoxy) is 1. The number of hydrogen-bond acceptors (Lipinski definition) is 3. The van der Waals surface area contributed by atoms with Crippen LogP contribution in [0.15, 0.2) is 18.2 Å². The molecule has 3 nitrogen and oxygen atoms in total. The first kappa shape index (κ1) is 13.1. The molecule has 1 N–H and O–H groups in total. The molecule has 1 rings (SSSR count). The van der Waals surface area contributed by atoms with Crippen molar-refractivity contribution in [1.29, 1.82) is 0 Å². The third-order valence-electron chi connectivity index (χ3n) is 2.21. The zero-order chi connectivity index (χ0) is 11.8. The van der Waals surface area contributed by atoms with Crippen LogP contribution >= 0.6 is 0 Å². The molecule has 1 aromatic rings. The fraction of sp³-hybridized carbons (Fsp3) is 0.615. The van der Waals surface area contributed by atoms with E-state index in [9.17, 15) is 0 Å². The lowest BCUT2D eigenvalue weighted by molar-refractivity contribution is 0.115. The lowest BCUT2D eigenvalue weighted by Crippen LogP contribution is -2.24. The van der Waals surface area contributed by atoms with Gasteiger partial charge in [0, 0.05) is 18.3 Å². The Balaban J connectivity index is 2.07. The summed E-state index contributed by atoms with van der Waals surface area (Å²) in [6.07, 6.45) is 1.05. The minimum Gasteiger partial charge on any atom is -0.375 e. The molecule has 3 heteroatoms. The van der Waals surface area contributed by atoms with E-state index in [-0.39, 0.29) is 0 Å². The molecule has 0 saturated carbocycles. The molecule has 0 amide bonds. The van der Waals surface area contributed by atoms with Crippen LogP contribution in [0, 0.1) is 6.92 Å². The molecule has 1 aromatic heterocycles. The first-order chi connectivity index (χ1) is 7.68. The predicted octanol–water partition coefficient (Wildman–Crippen LogP) is 2.29. The fourth-order valence-electron chi connectivity index (χ4n) is 1.42. The van der Waals surface area contributed by atoms with E-state index in [1.807, 2.05) is 25.1 Å². The Labute approximate surface area is 98.2 Å². The van der Waals surface area contributed by atoms with Crippen molar-refractivity contribution >= 4 is 0 Å². The molecule has 90 valence electrons. The summed E-state index contributed by atoms with van der Waals surface area (Å²) in [5, 5.41) is 3.36. The van der Waals surface area contributed by atoms with E-state index in [1.165, 1.54) is 0 Å². The molecule has 0 aliphatic heterocycles. The number of pyridine rings is 1. The Morgan fingerprint density at radius 1 is 1.38 bits per heavy atom. The Kier molecular flexibility index (Phi) is 6.04. The molecule has 0 bridgehead atoms. The summed E-state index contributed by atoms with van der Waals surface area (Å²) in [5.74, 6) is 0. The van der Waals surface area contributed by atoms with Gasteiger partial charge in [0.25, 0.3) is 0 Å². The second kappa shape index (κ2) is 7.36. The Hall–Kier alpha value is -0.930. The molecular weight excluding hydrogens is 200 g/mol. The second-order valence-electron chi connectivity index (χ2n) is 4.29. The van der Waals surface area contributed by atoms with Crippen molar-refractivity contribution < 1.29 is 4.74 Å². The standard InChI is InChI=1S/C13H22N2O/c1-11(2)14-8-5-9-16-10-13-7-4-6-12(3)15-13/h4,6-7,11,14H,5,8-10H2,1-3H3. The highest BCUT2D eigenvalue weighted by Crippen LogP contribution is 2.00. The molecule has 1 heterocycles. The van der Waals surface area contributed by atoms with Crippen molar-refractivity contribution in [2.24, 2.45) is 0 Å². The van der Waals surface area contributed by atoms with E-state index in [0.29, 0.717) is 12.6 Å². The summed E-state index contributed by atoms with van der Waals surface area (Å²) in [7, 11) is 0. The van der Waals surface area contributed by atoms with E-state index in [4.69, 9.17) is 4.74 Å². The van der Waals surface area contributed by atoms with Crippen molar-refractivity contribution in [3.63, 3.8) is 0 Å². The van der Waals surface area contributed by atoms with Gasteiger partial charge in [-0.25, -0.2) is 0 Å². The van der Waals surface area contributed by atoms with Crippen LogP contribution in [-0.4, -0.2) is 24.2 Å². The summed E-state index contributed by atoms with van der Waals surface area (Å²) in [4.78, 5) is 4.38. The largest absolute Gasteiger partial charge is 0.375 e. The van der Waals surface area contributed by atoms with Crippen LogP contribution in [-0.2, 0) is 11.3 Å². The highest BCUT2D eigenvalue weighted by atomic mass is 16.5. The van der Waals surface area contributed by atoms with E-state index < -0.39 is 0 Å². The second-order valence-corrected chi connectivity index (χ2v) is 4.29. The lowest BCUT2D eigenvalue weighted by Gasteiger charge is -2.08. The third kappa shape index (κ3) is 5.83. The third-order valence-corrected chi connectivity index (χ3v) is 2.21. The van der Waals surface area contributed by atoms with Gasteiger partial charge < -0.3 is 10.1 Å². The van der Waals surface area contributed by atoms with E-state index in [1.54, 1.807) is 0 Å². The topological polar surface area (TPSA) is 34.1 Å². The van der Waals surface area contributed by atoms with E-state index in [2.05, 4.69) is 24.1 Å². The van der Waals surface area contributed by atoms with Crippen LogP contribution in [0.4, 0.5) is 0 Å². The van der Waals surface area contributed by atoms with Crippen molar-refractivity contribution in [2.45, 2.75) is 39.8 Å². The minimum absolute atomic E-state index is 0.554. The monoisotopic (exact) mass is 222 g/mol. The summed E-state index contributed by atoms with van der Waals surface area (Å²) in [6, 6.07) is 6.56. The molecule has 0 atom stereocenters. The Bertz CT molecular complexity index is 300. The van der Waals surface area contributed by atoms with Gasteiger partial charge in [-0.2, -0.15) is 0 Å². The van der Waals surface area contributed by atoms with Crippen LogP contribution in [0.1, 0.15) is 31.7 Å². The number of aromatic nitrogens is 1. The molecule has 0 saturated heterocycles. The van der Waals surface area contributed by atoms with E-state index >= 15 is 0 Å². The number of aryl methyl sites for hydroxylation is 1. The normalized spacial score (nSPS) is 11.0. The molecule has 0 spiro atoms. The maximum absolute atomic E-state index is 5.55. The lowest BCUT2D eigenvalue weighted by atomic mass is 10.3. The Morgan fingerprint density at radius 3 is 2.88 bits per heavy atom. The number of hydrogen-bond donors (Lipinski definition) is 1. The van der Waals surface area contributed by atoms with Gasteiger partial charge in [0.15, 0.2) is 0 Å². The molecule has 0 aliphatic rings. The van der Waals surface area contributed by atoms with Crippen molar-refractivity contribution in [3.05, 3.63) is 29.6 Å². The van der Waals surface area contributed by atoms with Gasteiger partial charge in [-0.15, -0.1) is 0 Å². The molecule has 0 fully saturated rings. The average Bonchev–Trinajstić information content (AvgIpc) is 2.23. The van der Waals surface area contributed by atoms with Gasteiger partial charge in [-0.05, 0) is 32.0 Å². The highest BCUT2D eigenvalue weighted by Gasteiger charge is 1.96. The first-order valence-electron chi connectivity index (χ1n) is 5.92. The number of nitrogens with one attached hydrogen (secondary N) is 1.